The van der Waals surface area contributed by atoms with Gasteiger partial charge in [0.1, 0.15) is 11.5 Å². The number of amides is 1. The van der Waals surface area contributed by atoms with Crippen molar-refractivity contribution in [2.45, 2.75) is 6.92 Å². The van der Waals surface area contributed by atoms with E-state index in [1.165, 1.54) is 7.11 Å². The second-order valence-electron chi connectivity index (χ2n) is 4.39. The Hall–Kier alpha value is -2.82. The molecule has 0 aliphatic heterocycles. The van der Waals surface area contributed by atoms with Gasteiger partial charge in [-0.05, 0) is 31.2 Å². The van der Waals surface area contributed by atoms with E-state index in [0.29, 0.717) is 17.0 Å². The number of methoxy groups -OCH3 is 1. The number of ether oxygens (including phenoxy) is 1. The van der Waals surface area contributed by atoms with E-state index >= 15 is 0 Å². The Kier molecular flexibility index (Phi) is 4.56. The van der Waals surface area contributed by atoms with Crippen LogP contribution in [0.25, 0.3) is 0 Å². The molecule has 0 aliphatic rings. The molecule has 0 bridgehead atoms. The van der Waals surface area contributed by atoms with Crippen LogP contribution in [0.4, 0.5) is 0 Å². The van der Waals surface area contributed by atoms with Gasteiger partial charge in [0.25, 0.3) is 5.91 Å². The first kappa shape index (κ1) is 14.6. The summed E-state index contributed by atoms with van der Waals surface area (Å²) in [4.78, 5) is 12.1. The molecule has 0 radical (unpaired) electrons. The van der Waals surface area contributed by atoms with E-state index in [1.54, 1.807) is 55.5 Å². The van der Waals surface area contributed by atoms with Gasteiger partial charge in [0.15, 0.2) is 0 Å². The highest BCUT2D eigenvalue weighted by Gasteiger charge is 2.10. The van der Waals surface area contributed by atoms with Crippen LogP contribution >= 0.6 is 0 Å². The average molecular weight is 284 g/mol. The molecular weight excluding hydrogens is 268 g/mol. The maximum absolute atomic E-state index is 12.1. The van der Waals surface area contributed by atoms with Gasteiger partial charge in [-0.3, -0.25) is 4.79 Å². The summed E-state index contributed by atoms with van der Waals surface area (Å²) in [6.07, 6.45) is 0. The number of nitrogens with zero attached hydrogens (tertiary/aromatic N) is 1. The number of para-hydroxylation sites is 1. The van der Waals surface area contributed by atoms with Gasteiger partial charge in [-0.25, -0.2) is 5.43 Å². The number of phenolic OH excluding ortho intramolecular Hbond substituents is 1. The molecule has 108 valence electrons. The second kappa shape index (κ2) is 6.56. The number of carbonyl (C=O) groups excluding carboxylic acids is 1. The maximum Gasteiger partial charge on any atom is 0.275 e. The standard InChI is InChI=1S/C16H16N2O3/c1-11(12-6-5-7-13(19)10-12)17-18-16(20)14-8-3-4-9-15(14)21-2/h3-10,19H,1-2H3,(H,18,20)/b17-11+. The molecule has 0 saturated carbocycles. The lowest BCUT2D eigenvalue weighted by atomic mass is 10.1. The molecule has 21 heavy (non-hydrogen) atoms. The van der Waals surface area contributed by atoms with Gasteiger partial charge in [0, 0.05) is 5.56 Å². The largest absolute Gasteiger partial charge is 0.508 e. The topological polar surface area (TPSA) is 70.9 Å². The highest BCUT2D eigenvalue weighted by molar-refractivity contribution is 6.01. The van der Waals surface area contributed by atoms with Crippen LogP contribution < -0.4 is 10.2 Å². The van der Waals surface area contributed by atoms with Gasteiger partial charge >= 0.3 is 0 Å². The monoisotopic (exact) mass is 284 g/mol. The first-order valence-electron chi connectivity index (χ1n) is 6.39. The van der Waals surface area contributed by atoms with Crippen LogP contribution in [0.15, 0.2) is 53.6 Å². The van der Waals surface area contributed by atoms with E-state index < -0.39 is 0 Å². The van der Waals surface area contributed by atoms with E-state index in [0.717, 1.165) is 5.56 Å². The van der Waals surface area contributed by atoms with Crippen molar-refractivity contribution in [3.8, 4) is 11.5 Å². The predicted molar refractivity (Wildman–Crippen MR) is 80.8 cm³/mol. The molecule has 2 aromatic carbocycles. The average Bonchev–Trinajstić information content (AvgIpc) is 2.52. The molecule has 0 spiro atoms. The van der Waals surface area contributed by atoms with Gasteiger partial charge in [-0.2, -0.15) is 5.10 Å². The third-order valence-electron chi connectivity index (χ3n) is 2.94. The zero-order valence-electron chi connectivity index (χ0n) is 11.8. The minimum atomic E-state index is -0.355. The number of hydrogen-bond acceptors (Lipinski definition) is 4. The van der Waals surface area contributed by atoms with Crippen LogP contribution in [0.2, 0.25) is 0 Å². The second-order valence-corrected chi connectivity index (χ2v) is 4.39. The van der Waals surface area contributed by atoms with Gasteiger partial charge in [-0.15, -0.1) is 0 Å². The summed E-state index contributed by atoms with van der Waals surface area (Å²) in [5.41, 5.74) is 4.21. The van der Waals surface area contributed by atoms with E-state index in [9.17, 15) is 9.90 Å². The molecule has 5 nitrogen and oxygen atoms in total. The van der Waals surface area contributed by atoms with Crippen molar-refractivity contribution in [2.24, 2.45) is 5.10 Å². The summed E-state index contributed by atoms with van der Waals surface area (Å²) in [6, 6.07) is 13.6. The SMILES string of the molecule is COc1ccccc1C(=O)N/N=C(\C)c1cccc(O)c1. The summed E-state index contributed by atoms with van der Waals surface area (Å²) >= 11 is 0. The third-order valence-corrected chi connectivity index (χ3v) is 2.94. The lowest BCUT2D eigenvalue weighted by molar-refractivity contribution is 0.0952. The number of hydrazone groups is 1. The summed E-state index contributed by atoms with van der Waals surface area (Å²) < 4.78 is 5.13. The van der Waals surface area contributed by atoms with E-state index in [1.807, 2.05) is 0 Å². The quantitative estimate of drug-likeness (QED) is 0.669. The Balaban J connectivity index is 2.15. The van der Waals surface area contributed by atoms with Crippen LogP contribution in [-0.4, -0.2) is 23.8 Å². The van der Waals surface area contributed by atoms with Gasteiger partial charge in [-0.1, -0.05) is 24.3 Å². The molecule has 0 aromatic heterocycles. The lowest BCUT2D eigenvalue weighted by Gasteiger charge is -2.07. The van der Waals surface area contributed by atoms with Crippen LogP contribution in [-0.2, 0) is 0 Å². The summed E-state index contributed by atoms with van der Waals surface area (Å²) in [7, 11) is 1.51. The number of rotatable bonds is 4. The van der Waals surface area contributed by atoms with Gasteiger partial charge in [0.2, 0.25) is 0 Å². The van der Waals surface area contributed by atoms with Crippen molar-refractivity contribution in [2.75, 3.05) is 7.11 Å². The maximum atomic E-state index is 12.1. The number of carbonyl (C=O) groups is 1. The lowest BCUT2D eigenvalue weighted by Crippen LogP contribution is -2.20. The molecule has 0 atom stereocenters. The van der Waals surface area contributed by atoms with Crippen LogP contribution in [0.1, 0.15) is 22.8 Å². The minimum absolute atomic E-state index is 0.151. The molecule has 0 aliphatic carbocycles. The van der Waals surface area contributed by atoms with Crippen molar-refractivity contribution < 1.29 is 14.6 Å². The molecule has 1 amide bonds. The minimum Gasteiger partial charge on any atom is -0.508 e. The Labute approximate surface area is 122 Å². The third kappa shape index (κ3) is 3.60. The summed E-state index contributed by atoms with van der Waals surface area (Å²) in [5, 5.41) is 13.5. The molecule has 0 heterocycles. The first-order chi connectivity index (χ1) is 10.1. The number of hydrogen-bond donors (Lipinski definition) is 2. The fraction of sp³-hybridized carbons (Fsp3) is 0.125. The van der Waals surface area contributed by atoms with Gasteiger partial charge in [0.05, 0.1) is 18.4 Å². The van der Waals surface area contributed by atoms with Crippen LogP contribution in [0.5, 0.6) is 11.5 Å². The first-order valence-corrected chi connectivity index (χ1v) is 6.39. The van der Waals surface area contributed by atoms with E-state index in [-0.39, 0.29) is 11.7 Å². The fourth-order valence-electron chi connectivity index (χ4n) is 1.82. The molecule has 0 fully saturated rings. The number of aromatic hydroxyl groups is 1. The van der Waals surface area contributed by atoms with Crippen molar-refractivity contribution in [3.63, 3.8) is 0 Å². The van der Waals surface area contributed by atoms with Crippen LogP contribution in [0, 0.1) is 0 Å². The number of nitrogens with one attached hydrogen (secondary N) is 1. The molecule has 2 rings (SSSR count). The Bertz CT molecular complexity index is 681. The summed E-state index contributed by atoms with van der Waals surface area (Å²) in [6.45, 7) is 1.75. The number of phenols is 1. The highest BCUT2D eigenvalue weighted by Crippen LogP contribution is 2.17. The summed E-state index contributed by atoms with van der Waals surface area (Å²) in [5.74, 6) is 0.283. The van der Waals surface area contributed by atoms with Gasteiger partial charge < -0.3 is 9.84 Å². The highest BCUT2D eigenvalue weighted by atomic mass is 16.5. The molecular formula is C16H16N2O3. The Morgan fingerprint density at radius 3 is 2.67 bits per heavy atom. The molecule has 0 saturated heterocycles. The fourth-order valence-corrected chi connectivity index (χ4v) is 1.82. The zero-order chi connectivity index (χ0) is 15.2. The van der Waals surface area contributed by atoms with Crippen molar-refractivity contribution in [1.82, 2.24) is 5.43 Å². The Morgan fingerprint density at radius 1 is 1.19 bits per heavy atom. The molecule has 5 heteroatoms. The Morgan fingerprint density at radius 2 is 1.95 bits per heavy atom. The number of benzene rings is 2. The van der Waals surface area contributed by atoms with Crippen molar-refractivity contribution in [3.05, 3.63) is 59.7 Å². The van der Waals surface area contributed by atoms with E-state index in [4.69, 9.17) is 4.74 Å². The predicted octanol–water partition coefficient (Wildman–Crippen LogP) is 2.55. The van der Waals surface area contributed by atoms with Crippen molar-refractivity contribution >= 4 is 11.6 Å². The van der Waals surface area contributed by atoms with E-state index in [2.05, 4.69) is 10.5 Å². The van der Waals surface area contributed by atoms with Crippen LogP contribution in [0.3, 0.4) is 0 Å². The van der Waals surface area contributed by atoms with Crippen molar-refractivity contribution in [1.29, 1.82) is 0 Å². The smallest absolute Gasteiger partial charge is 0.275 e. The molecule has 0 unspecified atom stereocenters. The normalized spacial score (nSPS) is 11.0. The zero-order valence-corrected chi connectivity index (χ0v) is 11.8. The molecule has 2 aromatic rings. The molecule has 2 N–H and O–H groups in total.